The van der Waals surface area contributed by atoms with Crippen LogP contribution in [-0.2, 0) is 28.9 Å². The molecule has 0 saturated heterocycles. The number of benzene rings is 1. The zero-order valence-corrected chi connectivity index (χ0v) is 18.4. The van der Waals surface area contributed by atoms with E-state index in [4.69, 9.17) is 4.74 Å². The van der Waals surface area contributed by atoms with Crippen LogP contribution in [0, 0.1) is 6.92 Å². The number of aryl methyl sites for hydroxylation is 3. The molecule has 0 saturated carbocycles. The van der Waals surface area contributed by atoms with Gasteiger partial charge in [-0.25, -0.2) is 9.78 Å². The second-order valence-electron chi connectivity index (χ2n) is 6.84. The van der Waals surface area contributed by atoms with Crippen molar-refractivity contribution >= 4 is 39.1 Å². The molecule has 0 spiro atoms. The molecule has 0 aliphatic heterocycles. The standard InChI is InChI=1S/C22H25N3O4S/c1-5-14-9-8-10-15(6-2)18(14)24-16(26)11-25-12-23-20-17(21(25)27)13(4)19(30-20)22(28)29-7-3/h8-10,12H,5-7,11H2,1-4H3,(H,24,26). The van der Waals surface area contributed by atoms with E-state index in [9.17, 15) is 14.4 Å². The fraction of sp³-hybridized carbons (Fsp3) is 0.364. The molecule has 1 amide bonds. The molecule has 1 N–H and O–H groups in total. The molecule has 0 aliphatic rings. The molecule has 0 fully saturated rings. The number of nitrogens with one attached hydrogen (secondary N) is 1. The summed E-state index contributed by atoms with van der Waals surface area (Å²) in [4.78, 5) is 42.9. The summed E-state index contributed by atoms with van der Waals surface area (Å²) in [5, 5.41) is 3.31. The Hall–Kier alpha value is -3.00. The number of nitrogens with zero attached hydrogens (tertiary/aromatic N) is 2. The fourth-order valence-electron chi connectivity index (χ4n) is 3.40. The van der Waals surface area contributed by atoms with Gasteiger partial charge in [-0.3, -0.25) is 14.2 Å². The van der Waals surface area contributed by atoms with E-state index in [1.807, 2.05) is 32.0 Å². The SMILES string of the molecule is CCOC(=O)c1sc2ncn(CC(=O)Nc3c(CC)cccc3CC)c(=O)c2c1C. The lowest BCUT2D eigenvalue weighted by Gasteiger charge is -2.15. The number of esters is 1. The summed E-state index contributed by atoms with van der Waals surface area (Å²) in [7, 11) is 0. The highest BCUT2D eigenvalue weighted by atomic mass is 32.1. The van der Waals surface area contributed by atoms with E-state index in [1.165, 1.54) is 10.9 Å². The zero-order chi connectivity index (χ0) is 21.8. The minimum Gasteiger partial charge on any atom is -0.462 e. The van der Waals surface area contributed by atoms with Crippen LogP contribution >= 0.6 is 11.3 Å². The molecule has 0 radical (unpaired) electrons. The first-order valence-corrected chi connectivity index (χ1v) is 10.8. The largest absolute Gasteiger partial charge is 0.462 e. The van der Waals surface area contributed by atoms with Crippen molar-refractivity contribution in [2.24, 2.45) is 0 Å². The number of carbonyl (C=O) groups is 2. The van der Waals surface area contributed by atoms with Crippen molar-refractivity contribution in [3.05, 3.63) is 56.4 Å². The monoisotopic (exact) mass is 427 g/mol. The maximum atomic E-state index is 13.0. The maximum absolute atomic E-state index is 13.0. The van der Waals surface area contributed by atoms with Gasteiger partial charge >= 0.3 is 5.97 Å². The number of ether oxygens (including phenoxy) is 1. The molecule has 2 aromatic heterocycles. The highest BCUT2D eigenvalue weighted by molar-refractivity contribution is 7.20. The molecule has 0 aliphatic carbocycles. The Kier molecular flexibility index (Phi) is 6.66. The summed E-state index contributed by atoms with van der Waals surface area (Å²) in [5.74, 6) is -0.766. The van der Waals surface area contributed by atoms with Gasteiger partial charge in [0.05, 0.1) is 18.3 Å². The Bertz CT molecular complexity index is 1140. The van der Waals surface area contributed by atoms with E-state index in [0.29, 0.717) is 20.7 Å². The van der Waals surface area contributed by atoms with Crippen molar-refractivity contribution < 1.29 is 14.3 Å². The third-order valence-electron chi connectivity index (χ3n) is 4.96. The minimum absolute atomic E-state index is 0.160. The Morgan fingerprint density at radius 2 is 1.83 bits per heavy atom. The summed E-state index contributed by atoms with van der Waals surface area (Å²) < 4.78 is 6.32. The zero-order valence-electron chi connectivity index (χ0n) is 17.6. The third-order valence-corrected chi connectivity index (χ3v) is 6.14. The quantitative estimate of drug-likeness (QED) is 0.581. The van der Waals surface area contributed by atoms with Gasteiger partial charge in [-0.15, -0.1) is 11.3 Å². The Morgan fingerprint density at radius 1 is 1.17 bits per heavy atom. The second-order valence-corrected chi connectivity index (χ2v) is 7.84. The van der Waals surface area contributed by atoms with Crippen LogP contribution in [0.15, 0.2) is 29.3 Å². The van der Waals surface area contributed by atoms with E-state index in [0.717, 1.165) is 41.0 Å². The third kappa shape index (κ3) is 4.14. The van der Waals surface area contributed by atoms with Crippen LogP contribution in [0.1, 0.15) is 47.1 Å². The minimum atomic E-state index is -0.468. The van der Waals surface area contributed by atoms with Crippen LogP contribution in [0.2, 0.25) is 0 Å². The Labute approximate surface area is 178 Å². The Balaban J connectivity index is 1.91. The fourth-order valence-corrected chi connectivity index (χ4v) is 4.43. The number of anilines is 1. The predicted octanol–water partition coefficient (Wildman–Crippen LogP) is 3.71. The summed E-state index contributed by atoms with van der Waals surface area (Å²) in [6, 6.07) is 5.95. The maximum Gasteiger partial charge on any atom is 0.348 e. The van der Waals surface area contributed by atoms with Gasteiger partial charge in [0.1, 0.15) is 16.3 Å². The van der Waals surface area contributed by atoms with Crippen molar-refractivity contribution in [1.29, 1.82) is 0 Å². The average Bonchev–Trinajstić information content (AvgIpc) is 3.07. The van der Waals surface area contributed by atoms with Crippen molar-refractivity contribution in [3.63, 3.8) is 0 Å². The number of fused-ring (bicyclic) bond motifs is 1. The summed E-state index contributed by atoms with van der Waals surface area (Å²) in [5.41, 5.74) is 3.10. The van der Waals surface area contributed by atoms with E-state index in [2.05, 4.69) is 10.3 Å². The average molecular weight is 428 g/mol. The summed E-state index contributed by atoms with van der Waals surface area (Å²) >= 11 is 1.13. The molecule has 0 unspecified atom stereocenters. The van der Waals surface area contributed by atoms with E-state index >= 15 is 0 Å². The number of hydrogen-bond donors (Lipinski definition) is 1. The summed E-state index contributed by atoms with van der Waals surface area (Å²) in [6.45, 7) is 7.59. The molecule has 158 valence electrons. The number of amides is 1. The number of aromatic nitrogens is 2. The van der Waals surface area contributed by atoms with E-state index < -0.39 is 5.97 Å². The Morgan fingerprint density at radius 3 is 2.43 bits per heavy atom. The lowest BCUT2D eigenvalue weighted by Crippen LogP contribution is -2.28. The van der Waals surface area contributed by atoms with Gasteiger partial charge < -0.3 is 10.1 Å². The topological polar surface area (TPSA) is 90.3 Å². The predicted molar refractivity (Wildman–Crippen MR) is 118 cm³/mol. The number of hydrogen-bond acceptors (Lipinski definition) is 6. The molecular formula is C22H25N3O4S. The molecule has 1 aromatic carbocycles. The van der Waals surface area contributed by atoms with Crippen molar-refractivity contribution in [1.82, 2.24) is 9.55 Å². The van der Waals surface area contributed by atoms with Crippen molar-refractivity contribution in [2.75, 3.05) is 11.9 Å². The lowest BCUT2D eigenvalue weighted by atomic mass is 10.0. The highest BCUT2D eigenvalue weighted by Crippen LogP contribution is 2.27. The molecule has 0 atom stereocenters. The van der Waals surface area contributed by atoms with Gasteiger partial charge in [-0.1, -0.05) is 32.0 Å². The summed E-state index contributed by atoms with van der Waals surface area (Å²) in [6.07, 6.45) is 2.94. The number of rotatable bonds is 7. The van der Waals surface area contributed by atoms with Crippen LogP contribution < -0.4 is 10.9 Å². The van der Waals surface area contributed by atoms with E-state index in [-0.39, 0.29) is 24.6 Å². The molecule has 3 aromatic rings. The molecule has 2 heterocycles. The normalized spacial score (nSPS) is 10.9. The van der Waals surface area contributed by atoms with Gasteiger partial charge in [0.25, 0.3) is 5.56 Å². The van der Waals surface area contributed by atoms with Crippen molar-refractivity contribution in [2.45, 2.75) is 47.1 Å². The van der Waals surface area contributed by atoms with Crippen LogP contribution in [0.3, 0.4) is 0 Å². The molecule has 7 nitrogen and oxygen atoms in total. The number of para-hydroxylation sites is 1. The van der Waals surface area contributed by atoms with Gasteiger partial charge in [0.2, 0.25) is 5.91 Å². The van der Waals surface area contributed by atoms with Gasteiger partial charge in [-0.05, 0) is 43.4 Å². The first-order valence-electron chi connectivity index (χ1n) is 9.97. The van der Waals surface area contributed by atoms with Gasteiger partial charge in [-0.2, -0.15) is 0 Å². The molecule has 8 heteroatoms. The van der Waals surface area contributed by atoms with Crippen LogP contribution in [0.5, 0.6) is 0 Å². The lowest BCUT2D eigenvalue weighted by molar-refractivity contribution is -0.116. The van der Waals surface area contributed by atoms with Gasteiger partial charge in [0, 0.05) is 5.69 Å². The molecule has 3 rings (SSSR count). The van der Waals surface area contributed by atoms with Crippen LogP contribution in [-0.4, -0.2) is 28.0 Å². The second kappa shape index (κ2) is 9.21. The van der Waals surface area contributed by atoms with Crippen LogP contribution in [0.4, 0.5) is 5.69 Å². The van der Waals surface area contributed by atoms with Crippen molar-refractivity contribution in [3.8, 4) is 0 Å². The van der Waals surface area contributed by atoms with Crippen LogP contribution in [0.25, 0.3) is 10.2 Å². The smallest absolute Gasteiger partial charge is 0.348 e. The number of thiophene rings is 1. The van der Waals surface area contributed by atoms with E-state index in [1.54, 1.807) is 13.8 Å². The first-order chi connectivity index (χ1) is 14.4. The van der Waals surface area contributed by atoms with Gasteiger partial charge in [0.15, 0.2) is 0 Å². The molecule has 0 bridgehead atoms. The highest BCUT2D eigenvalue weighted by Gasteiger charge is 2.21. The molecule has 30 heavy (non-hydrogen) atoms. The number of carbonyl (C=O) groups excluding carboxylic acids is 2. The first kappa shape index (κ1) is 21.7. The molecular weight excluding hydrogens is 402 g/mol.